The summed E-state index contributed by atoms with van der Waals surface area (Å²) in [6.07, 6.45) is 0.425. The summed E-state index contributed by atoms with van der Waals surface area (Å²) < 4.78 is 11.1. The van der Waals surface area contributed by atoms with Crippen LogP contribution in [0.5, 0.6) is 5.75 Å². The predicted octanol–water partition coefficient (Wildman–Crippen LogP) is 1.56. The second-order valence-corrected chi connectivity index (χ2v) is 4.62. The topological polar surface area (TPSA) is 61.5 Å². The zero-order valence-corrected chi connectivity index (χ0v) is 10.4. The SMILES string of the molecule is COC(=O)C1(N)CCOc2cc(Br)ccc21. The lowest BCUT2D eigenvalue weighted by Crippen LogP contribution is -2.49. The minimum Gasteiger partial charge on any atom is -0.493 e. The van der Waals surface area contributed by atoms with Crippen molar-refractivity contribution >= 4 is 21.9 Å². The minimum atomic E-state index is -1.09. The van der Waals surface area contributed by atoms with Gasteiger partial charge in [0.05, 0.1) is 13.7 Å². The van der Waals surface area contributed by atoms with Gasteiger partial charge in [-0.05, 0) is 12.1 Å². The van der Waals surface area contributed by atoms with Gasteiger partial charge < -0.3 is 15.2 Å². The highest BCUT2D eigenvalue weighted by Gasteiger charge is 2.42. The van der Waals surface area contributed by atoms with Crippen LogP contribution in [0.1, 0.15) is 12.0 Å². The Morgan fingerprint density at radius 3 is 3.06 bits per heavy atom. The average Bonchev–Trinajstić information content (AvgIpc) is 2.27. The number of rotatable bonds is 1. The van der Waals surface area contributed by atoms with Crippen LogP contribution >= 0.6 is 15.9 Å². The summed E-state index contributed by atoms with van der Waals surface area (Å²) in [5.74, 6) is 0.202. The number of benzene rings is 1. The maximum atomic E-state index is 11.7. The van der Waals surface area contributed by atoms with Gasteiger partial charge >= 0.3 is 5.97 Å². The number of nitrogens with two attached hydrogens (primary N) is 1. The van der Waals surface area contributed by atoms with Crippen LogP contribution in [0.4, 0.5) is 0 Å². The van der Waals surface area contributed by atoms with Crippen LogP contribution in [0.2, 0.25) is 0 Å². The van der Waals surface area contributed by atoms with Crippen molar-refractivity contribution in [3.63, 3.8) is 0 Å². The molecular weight excluding hydrogens is 274 g/mol. The highest BCUT2D eigenvalue weighted by Crippen LogP contribution is 2.37. The maximum absolute atomic E-state index is 11.7. The standard InChI is InChI=1S/C11H12BrNO3/c1-15-10(14)11(13)4-5-16-9-6-7(12)2-3-8(9)11/h2-3,6H,4-5,13H2,1H3. The van der Waals surface area contributed by atoms with Gasteiger partial charge in [-0.15, -0.1) is 0 Å². The number of carbonyl (C=O) groups is 1. The van der Waals surface area contributed by atoms with Gasteiger partial charge in [-0.3, -0.25) is 0 Å². The van der Waals surface area contributed by atoms with Crippen molar-refractivity contribution < 1.29 is 14.3 Å². The van der Waals surface area contributed by atoms with Crippen molar-refractivity contribution in [2.45, 2.75) is 12.0 Å². The van der Waals surface area contributed by atoms with E-state index >= 15 is 0 Å². The molecule has 0 aliphatic carbocycles. The summed E-state index contributed by atoms with van der Waals surface area (Å²) in [6.45, 7) is 0.412. The van der Waals surface area contributed by atoms with Gasteiger partial charge in [0.1, 0.15) is 11.3 Å². The third-order valence-electron chi connectivity index (χ3n) is 2.73. The van der Waals surface area contributed by atoms with Gasteiger partial charge in [-0.2, -0.15) is 0 Å². The lowest BCUT2D eigenvalue weighted by Gasteiger charge is -2.32. The molecule has 4 nitrogen and oxygen atoms in total. The van der Waals surface area contributed by atoms with Crippen LogP contribution in [0.15, 0.2) is 22.7 Å². The molecule has 2 rings (SSSR count). The Morgan fingerprint density at radius 1 is 1.62 bits per heavy atom. The molecule has 0 amide bonds. The molecule has 1 aromatic rings. The third-order valence-corrected chi connectivity index (χ3v) is 3.22. The smallest absolute Gasteiger partial charge is 0.330 e. The van der Waals surface area contributed by atoms with Gasteiger partial charge in [-0.25, -0.2) is 4.79 Å². The lowest BCUT2D eigenvalue weighted by molar-refractivity contribution is -0.148. The molecule has 0 saturated carbocycles. The number of hydrogen-bond donors (Lipinski definition) is 1. The number of fused-ring (bicyclic) bond motifs is 1. The quantitative estimate of drug-likeness (QED) is 0.796. The van der Waals surface area contributed by atoms with Crippen LogP contribution < -0.4 is 10.5 Å². The Bertz CT molecular complexity index is 435. The monoisotopic (exact) mass is 285 g/mol. The molecule has 1 heterocycles. The Morgan fingerprint density at radius 2 is 2.38 bits per heavy atom. The minimum absolute atomic E-state index is 0.412. The van der Waals surface area contributed by atoms with Crippen molar-refractivity contribution in [2.24, 2.45) is 5.73 Å². The number of ether oxygens (including phenoxy) is 2. The Labute approximate surface area is 102 Å². The van der Waals surface area contributed by atoms with E-state index < -0.39 is 11.5 Å². The number of hydrogen-bond acceptors (Lipinski definition) is 4. The first-order valence-corrected chi connectivity index (χ1v) is 5.67. The normalized spacial score (nSPS) is 23.2. The summed E-state index contributed by atoms with van der Waals surface area (Å²) in [5.41, 5.74) is 5.69. The molecule has 0 bridgehead atoms. The molecule has 0 radical (unpaired) electrons. The van der Waals surface area contributed by atoms with Crippen molar-refractivity contribution in [1.29, 1.82) is 0 Å². The second-order valence-electron chi connectivity index (χ2n) is 3.70. The Balaban J connectivity index is 2.51. The van der Waals surface area contributed by atoms with E-state index in [2.05, 4.69) is 15.9 Å². The molecule has 1 aromatic carbocycles. The second kappa shape index (κ2) is 4.07. The molecule has 0 saturated heterocycles. The van der Waals surface area contributed by atoms with Crippen LogP contribution in [-0.2, 0) is 15.1 Å². The summed E-state index contributed by atoms with van der Waals surface area (Å²) in [5, 5.41) is 0. The molecule has 0 aromatic heterocycles. The molecule has 16 heavy (non-hydrogen) atoms. The highest BCUT2D eigenvalue weighted by molar-refractivity contribution is 9.10. The van der Waals surface area contributed by atoms with E-state index in [4.69, 9.17) is 15.2 Å². The van der Waals surface area contributed by atoms with E-state index in [0.29, 0.717) is 24.3 Å². The highest BCUT2D eigenvalue weighted by atomic mass is 79.9. The van der Waals surface area contributed by atoms with Crippen LogP contribution in [-0.4, -0.2) is 19.7 Å². The Kier molecular flexibility index (Phi) is 2.90. The first-order chi connectivity index (χ1) is 7.58. The lowest BCUT2D eigenvalue weighted by atomic mass is 9.85. The van der Waals surface area contributed by atoms with Crippen molar-refractivity contribution in [1.82, 2.24) is 0 Å². The molecule has 5 heteroatoms. The van der Waals surface area contributed by atoms with Crippen LogP contribution in [0, 0.1) is 0 Å². The summed E-state index contributed by atoms with van der Waals surface area (Å²) in [7, 11) is 1.34. The van der Waals surface area contributed by atoms with Gasteiger partial charge in [0.25, 0.3) is 0 Å². The molecule has 2 N–H and O–H groups in total. The van der Waals surface area contributed by atoms with Gasteiger partial charge in [0.2, 0.25) is 0 Å². The summed E-state index contributed by atoms with van der Waals surface area (Å²) >= 11 is 3.35. The van der Waals surface area contributed by atoms with Crippen LogP contribution in [0.3, 0.4) is 0 Å². The molecule has 1 aliphatic rings. The molecule has 0 fully saturated rings. The molecule has 1 atom stereocenters. The third kappa shape index (κ3) is 1.70. The molecular formula is C11H12BrNO3. The summed E-state index contributed by atoms with van der Waals surface area (Å²) in [4.78, 5) is 11.7. The van der Waals surface area contributed by atoms with E-state index in [0.717, 1.165) is 4.47 Å². The molecule has 0 spiro atoms. The Hall–Kier alpha value is -1.07. The number of halogens is 1. The fourth-order valence-electron chi connectivity index (χ4n) is 1.83. The fraction of sp³-hybridized carbons (Fsp3) is 0.364. The zero-order chi connectivity index (χ0) is 11.8. The molecule has 1 unspecified atom stereocenters. The number of methoxy groups -OCH3 is 1. The largest absolute Gasteiger partial charge is 0.493 e. The van der Waals surface area contributed by atoms with Gasteiger partial charge in [0, 0.05) is 16.5 Å². The summed E-state index contributed by atoms with van der Waals surface area (Å²) in [6, 6.07) is 5.42. The molecule has 86 valence electrons. The van der Waals surface area contributed by atoms with Gasteiger partial charge in [0.15, 0.2) is 0 Å². The first kappa shape index (κ1) is 11.4. The van der Waals surface area contributed by atoms with E-state index in [9.17, 15) is 4.79 Å². The van der Waals surface area contributed by atoms with E-state index in [1.807, 2.05) is 6.07 Å². The average molecular weight is 286 g/mol. The number of esters is 1. The van der Waals surface area contributed by atoms with Crippen LogP contribution in [0.25, 0.3) is 0 Å². The van der Waals surface area contributed by atoms with E-state index in [1.54, 1.807) is 12.1 Å². The number of carbonyl (C=O) groups excluding carboxylic acids is 1. The van der Waals surface area contributed by atoms with Crippen molar-refractivity contribution in [3.05, 3.63) is 28.2 Å². The van der Waals surface area contributed by atoms with E-state index in [-0.39, 0.29) is 0 Å². The predicted molar refractivity (Wildman–Crippen MR) is 62.1 cm³/mol. The first-order valence-electron chi connectivity index (χ1n) is 4.88. The van der Waals surface area contributed by atoms with Crippen molar-refractivity contribution in [2.75, 3.05) is 13.7 Å². The fourth-order valence-corrected chi connectivity index (χ4v) is 2.18. The maximum Gasteiger partial charge on any atom is 0.330 e. The van der Waals surface area contributed by atoms with Crippen molar-refractivity contribution in [3.8, 4) is 5.75 Å². The molecule has 1 aliphatic heterocycles. The van der Waals surface area contributed by atoms with Gasteiger partial charge in [-0.1, -0.05) is 22.0 Å². The zero-order valence-electron chi connectivity index (χ0n) is 8.83. The van der Waals surface area contributed by atoms with E-state index in [1.165, 1.54) is 7.11 Å².